The summed E-state index contributed by atoms with van der Waals surface area (Å²) in [4.78, 5) is 0. The monoisotopic (exact) mass is 110 g/mol. The molecule has 46 valence electrons. The molecule has 0 amide bonds. The highest BCUT2D eigenvalue weighted by Gasteiger charge is 2.09. The fourth-order valence-corrected chi connectivity index (χ4v) is 1.03. The van der Waals surface area contributed by atoms with Gasteiger partial charge in [-0.1, -0.05) is 18.1 Å². The lowest BCUT2D eigenvalue weighted by atomic mass is 9.88. The van der Waals surface area contributed by atoms with Crippen LogP contribution in [0.2, 0.25) is 0 Å². The van der Waals surface area contributed by atoms with Crippen molar-refractivity contribution in [1.29, 1.82) is 0 Å². The Hall–Kier alpha value is -0.260. The van der Waals surface area contributed by atoms with Crippen LogP contribution >= 0.6 is 0 Å². The first kappa shape index (κ1) is 5.87. The number of allylic oxidation sites excluding steroid dienone is 2. The normalized spacial score (nSPS) is 18.0. The maximum absolute atomic E-state index is 2.26. The lowest BCUT2D eigenvalue weighted by Crippen LogP contribution is -1.99. The lowest BCUT2D eigenvalue weighted by Gasteiger charge is -2.18. The van der Waals surface area contributed by atoms with Crippen molar-refractivity contribution >= 4 is 0 Å². The molecule has 1 fully saturated rings. The lowest BCUT2D eigenvalue weighted by molar-refractivity contribution is 0.645. The average Bonchev–Trinajstić information content (AvgIpc) is 1.62. The second-order valence-corrected chi connectivity index (χ2v) is 2.59. The third-order valence-corrected chi connectivity index (χ3v) is 2.09. The molecule has 0 aromatic heterocycles. The molecule has 1 aliphatic carbocycles. The molecule has 0 nitrogen and oxygen atoms in total. The number of hydrogen-bond acceptors (Lipinski definition) is 0. The minimum absolute atomic E-state index is 1.26. The third-order valence-electron chi connectivity index (χ3n) is 2.09. The summed E-state index contributed by atoms with van der Waals surface area (Å²) >= 11 is 0. The minimum atomic E-state index is 1.26. The molecule has 8 heavy (non-hydrogen) atoms. The van der Waals surface area contributed by atoms with Crippen LogP contribution < -0.4 is 0 Å². The van der Waals surface area contributed by atoms with Crippen molar-refractivity contribution in [2.45, 2.75) is 39.5 Å². The molecule has 0 atom stereocenters. The molecule has 0 aliphatic heterocycles. The van der Waals surface area contributed by atoms with E-state index < -0.39 is 0 Å². The molecule has 0 spiro atoms. The molecular weight excluding hydrogens is 96.1 g/mol. The summed E-state index contributed by atoms with van der Waals surface area (Å²) < 4.78 is 0. The first-order valence-electron chi connectivity index (χ1n) is 3.52. The molecule has 0 saturated heterocycles. The summed E-state index contributed by atoms with van der Waals surface area (Å²) in [7, 11) is 0. The van der Waals surface area contributed by atoms with Crippen LogP contribution in [0.1, 0.15) is 39.5 Å². The summed E-state index contributed by atoms with van der Waals surface area (Å²) in [5.41, 5.74) is 3.36. The topological polar surface area (TPSA) is 0 Å². The summed E-state index contributed by atoms with van der Waals surface area (Å²) in [5.74, 6) is 0. The molecule has 0 aromatic rings. The largest absolute Gasteiger partial charge is 0.0744 e. The van der Waals surface area contributed by atoms with Crippen LogP contribution in [0.4, 0.5) is 0 Å². The van der Waals surface area contributed by atoms with E-state index >= 15 is 0 Å². The summed E-state index contributed by atoms with van der Waals surface area (Å²) in [6.45, 7) is 4.50. The summed E-state index contributed by atoms with van der Waals surface area (Å²) in [6, 6.07) is 0. The molecule has 0 heteroatoms. The van der Waals surface area contributed by atoms with Gasteiger partial charge >= 0.3 is 0 Å². The highest BCUT2D eigenvalue weighted by molar-refractivity contribution is 5.16. The van der Waals surface area contributed by atoms with Crippen molar-refractivity contribution in [2.24, 2.45) is 0 Å². The van der Waals surface area contributed by atoms with Crippen LogP contribution in [0.25, 0.3) is 0 Å². The van der Waals surface area contributed by atoms with Crippen molar-refractivity contribution in [1.82, 2.24) is 0 Å². The second-order valence-electron chi connectivity index (χ2n) is 2.59. The van der Waals surface area contributed by atoms with Crippen molar-refractivity contribution in [3.63, 3.8) is 0 Å². The van der Waals surface area contributed by atoms with Gasteiger partial charge in [0.15, 0.2) is 0 Å². The minimum Gasteiger partial charge on any atom is -0.0744 e. The van der Waals surface area contributed by atoms with E-state index in [9.17, 15) is 0 Å². The Labute approximate surface area is 51.6 Å². The third kappa shape index (κ3) is 0.936. The fraction of sp³-hybridized carbons (Fsp3) is 0.750. The Kier molecular flexibility index (Phi) is 1.72. The van der Waals surface area contributed by atoms with Crippen LogP contribution in [-0.2, 0) is 0 Å². The van der Waals surface area contributed by atoms with Crippen LogP contribution in [0.3, 0.4) is 0 Å². The summed E-state index contributed by atoms with van der Waals surface area (Å²) in [6.07, 6.45) is 5.47. The van der Waals surface area contributed by atoms with Gasteiger partial charge in [0.2, 0.25) is 0 Å². The molecule has 0 bridgehead atoms. The Morgan fingerprint density at radius 2 is 2.12 bits per heavy atom. The molecule has 1 saturated carbocycles. The van der Waals surface area contributed by atoms with Crippen LogP contribution in [-0.4, -0.2) is 0 Å². The summed E-state index contributed by atoms with van der Waals surface area (Å²) in [5, 5.41) is 0. The maximum atomic E-state index is 2.26. The first-order valence-corrected chi connectivity index (χ1v) is 3.52. The van der Waals surface area contributed by atoms with Crippen molar-refractivity contribution in [2.75, 3.05) is 0 Å². The van der Waals surface area contributed by atoms with Crippen molar-refractivity contribution < 1.29 is 0 Å². The molecule has 0 aromatic carbocycles. The Morgan fingerprint density at radius 3 is 2.25 bits per heavy atom. The van der Waals surface area contributed by atoms with Gasteiger partial charge in [-0.2, -0.15) is 0 Å². The molecule has 1 rings (SSSR count). The van der Waals surface area contributed by atoms with E-state index in [2.05, 4.69) is 13.8 Å². The van der Waals surface area contributed by atoms with Crippen LogP contribution in [0.15, 0.2) is 11.1 Å². The van der Waals surface area contributed by atoms with Gasteiger partial charge < -0.3 is 0 Å². The SMILES string of the molecule is CCC(C)=C1CCC1. The zero-order chi connectivity index (χ0) is 5.98. The van der Waals surface area contributed by atoms with E-state index in [4.69, 9.17) is 0 Å². The first-order chi connectivity index (χ1) is 3.84. The maximum Gasteiger partial charge on any atom is -0.0315 e. The van der Waals surface area contributed by atoms with Gasteiger partial charge in [0.05, 0.1) is 0 Å². The number of hydrogen-bond donors (Lipinski definition) is 0. The van der Waals surface area contributed by atoms with Gasteiger partial charge in [0, 0.05) is 0 Å². The van der Waals surface area contributed by atoms with Crippen LogP contribution in [0, 0.1) is 0 Å². The smallest absolute Gasteiger partial charge is 0.0315 e. The van der Waals surface area contributed by atoms with E-state index in [1.54, 1.807) is 11.1 Å². The molecular formula is C8H14. The zero-order valence-electron chi connectivity index (χ0n) is 5.83. The Balaban J connectivity index is 2.47. The quantitative estimate of drug-likeness (QED) is 0.455. The van der Waals surface area contributed by atoms with E-state index in [-0.39, 0.29) is 0 Å². The van der Waals surface area contributed by atoms with Crippen LogP contribution in [0.5, 0.6) is 0 Å². The molecule has 0 radical (unpaired) electrons. The van der Waals surface area contributed by atoms with Crippen molar-refractivity contribution in [3.8, 4) is 0 Å². The molecule has 0 N–H and O–H groups in total. The van der Waals surface area contributed by atoms with Gasteiger partial charge in [-0.3, -0.25) is 0 Å². The van der Waals surface area contributed by atoms with Gasteiger partial charge in [-0.25, -0.2) is 0 Å². The molecule has 1 aliphatic rings. The fourth-order valence-electron chi connectivity index (χ4n) is 1.03. The molecule has 0 heterocycles. The van der Waals surface area contributed by atoms with Gasteiger partial charge in [0.1, 0.15) is 0 Å². The van der Waals surface area contributed by atoms with E-state index in [0.717, 1.165) is 0 Å². The van der Waals surface area contributed by atoms with E-state index in [1.165, 1.54) is 25.7 Å². The molecule has 0 unspecified atom stereocenters. The average molecular weight is 110 g/mol. The Morgan fingerprint density at radius 1 is 1.50 bits per heavy atom. The highest BCUT2D eigenvalue weighted by Crippen LogP contribution is 2.29. The number of rotatable bonds is 1. The Bertz CT molecular complexity index is 97.7. The van der Waals surface area contributed by atoms with Gasteiger partial charge in [-0.15, -0.1) is 0 Å². The highest BCUT2D eigenvalue weighted by atomic mass is 14.2. The van der Waals surface area contributed by atoms with Crippen molar-refractivity contribution in [3.05, 3.63) is 11.1 Å². The predicted molar refractivity (Wildman–Crippen MR) is 36.8 cm³/mol. The van der Waals surface area contributed by atoms with E-state index in [1.807, 2.05) is 0 Å². The van der Waals surface area contributed by atoms with E-state index in [0.29, 0.717) is 0 Å². The van der Waals surface area contributed by atoms with Gasteiger partial charge in [-0.05, 0) is 32.6 Å². The standard InChI is InChI=1S/C8H14/c1-3-7(2)8-5-4-6-8/h3-6H2,1-2H3. The second kappa shape index (κ2) is 2.34. The predicted octanol–water partition coefficient (Wildman–Crippen LogP) is 2.90. The van der Waals surface area contributed by atoms with Gasteiger partial charge in [0.25, 0.3) is 0 Å². The zero-order valence-corrected chi connectivity index (χ0v) is 5.83.